The molecule has 0 aromatic heterocycles. The van der Waals surface area contributed by atoms with Gasteiger partial charge < -0.3 is 9.47 Å². The molecule has 164 valence electrons. The lowest BCUT2D eigenvalue weighted by atomic mass is 10.2. The summed E-state index contributed by atoms with van der Waals surface area (Å²) in [5.41, 5.74) is -0.699. The number of carbonyl (C=O) groups excluding carboxylic acids is 1. The first-order valence-electron chi connectivity index (χ1n) is 7.66. The minimum Gasteiger partial charge on any atom is -0.456 e. The number of nitrogens with zero attached hydrogens (tertiary/aromatic N) is 1. The van der Waals surface area contributed by atoms with E-state index < -0.39 is 39.6 Å². The molecule has 7 nitrogen and oxygen atoms in total. The molecule has 0 bridgehead atoms. The van der Waals surface area contributed by atoms with Gasteiger partial charge in [0.15, 0.2) is 5.75 Å². The molecule has 0 heterocycles. The second-order valence-electron chi connectivity index (χ2n) is 5.72. The molecule has 0 aliphatic heterocycles. The van der Waals surface area contributed by atoms with Crippen LogP contribution < -0.4 is 14.2 Å². The van der Waals surface area contributed by atoms with Gasteiger partial charge in [-0.3, -0.25) is 4.79 Å². The summed E-state index contributed by atoms with van der Waals surface area (Å²) in [6.45, 7) is 0. The van der Waals surface area contributed by atoms with Crippen molar-refractivity contribution in [2.24, 2.45) is 0 Å². The molecule has 2 aromatic rings. The van der Waals surface area contributed by atoms with Gasteiger partial charge in [0.1, 0.15) is 17.3 Å². The Kier molecular flexibility index (Phi) is 7.07. The molecule has 2 aromatic carbocycles. The topological polar surface area (TPSA) is 84.9 Å². The highest BCUT2D eigenvalue weighted by molar-refractivity contribution is 7.87. The molecule has 0 spiro atoms. The van der Waals surface area contributed by atoms with Crippen LogP contribution in [0.5, 0.6) is 17.2 Å². The van der Waals surface area contributed by atoms with Crippen molar-refractivity contribution in [1.29, 1.82) is 0 Å². The number of amides is 1. The van der Waals surface area contributed by atoms with Crippen molar-refractivity contribution >= 4 is 39.3 Å². The van der Waals surface area contributed by atoms with Crippen LogP contribution in [0.3, 0.4) is 0 Å². The molecule has 1 N–H and O–H groups in total. The van der Waals surface area contributed by atoms with Gasteiger partial charge in [0.05, 0.1) is 15.6 Å². The highest BCUT2D eigenvalue weighted by Gasteiger charge is 2.32. The van der Waals surface area contributed by atoms with Gasteiger partial charge in [0.2, 0.25) is 0 Å². The fourth-order valence-corrected chi connectivity index (χ4v) is 2.81. The molecule has 0 fully saturated rings. The van der Waals surface area contributed by atoms with Gasteiger partial charge in [-0.05, 0) is 18.2 Å². The number of ether oxygens (including phenoxy) is 2. The van der Waals surface area contributed by atoms with E-state index in [1.807, 2.05) is 0 Å². The van der Waals surface area contributed by atoms with E-state index in [9.17, 15) is 30.8 Å². The Morgan fingerprint density at radius 3 is 2.27 bits per heavy atom. The molecular formula is C16H12Cl2F4N2O5S. The molecule has 2 rings (SSSR count). The number of nitrogens with one attached hydrogen (secondary N) is 1. The van der Waals surface area contributed by atoms with Gasteiger partial charge in [0, 0.05) is 26.2 Å². The third-order valence-electron chi connectivity index (χ3n) is 3.32. The minimum absolute atomic E-state index is 0.229. The second-order valence-corrected chi connectivity index (χ2v) is 8.42. The molecule has 14 heteroatoms. The molecular weight excluding hydrogens is 479 g/mol. The van der Waals surface area contributed by atoms with Crippen molar-refractivity contribution in [3.63, 3.8) is 0 Å². The van der Waals surface area contributed by atoms with Crippen LogP contribution in [-0.4, -0.2) is 39.1 Å². The summed E-state index contributed by atoms with van der Waals surface area (Å²) in [6, 6.07) is 4.49. The maximum Gasteiger partial charge on any atom is 0.573 e. The largest absolute Gasteiger partial charge is 0.573 e. The Bertz CT molecular complexity index is 1080. The van der Waals surface area contributed by atoms with E-state index in [1.165, 1.54) is 6.07 Å². The summed E-state index contributed by atoms with van der Waals surface area (Å²) in [6.07, 6.45) is -5.01. The van der Waals surface area contributed by atoms with Crippen LogP contribution in [0.4, 0.5) is 17.6 Å². The summed E-state index contributed by atoms with van der Waals surface area (Å²) in [5, 5.41) is -0.678. The average Bonchev–Trinajstić information content (AvgIpc) is 2.58. The van der Waals surface area contributed by atoms with Crippen LogP contribution in [0.25, 0.3) is 0 Å². The zero-order chi connectivity index (χ0) is 22.9. The lowest BCUT2D eigenvalue weighted by Crippen LogP contribution is -2.39. The number of hydrogen-bond donors (Lipinski definition) is 1. The zero-order valence-corrected chi connectivity index (χ0v) is 17.4. The van der Waals surface area contributed by atoms with Crippen LogP contribution in [0, 0.1) is 5.82 Å². The Morgan fingerprint density at radius 2 is 1.70 bits per heavy atom. The average molecular weight is 491 g/mol. The number of hydrogen-bond acceptors (Lipinski definition) is 5. The number of alkyl halides is 3. The van der Waals surface area contributed by atoms with E-state index >= 15 is 0 Å². The van der Waals surface area contributed by atoms with Gasteiger partial charge in [-0.25, -0.2) is 9.11 Å². The first-order valence-corrected chi connectivity index (χ1v) is 9.86. The van der Waals surface area contributed by atoms with E-state index in [2.05, 4.69) is 4.74 Å². The van der Waals surface area contributed by atoms with Crippen LogP contribution in [0.1, 0.15) is 10.4 Å². The van der Waals surface area contributed by atoms with Gasteiger partial charge in [-0.15, -0.1) is 13.2 Å². The van der Waals surface area contributed by atoms with Gasteiger partial charge >= 0.3 is 16.6 Å². The third-order valence-corrected chi connectivity index (χ3v) is 5.34. The van der Waals surface area contributed by atoms with E-state index in [-0.39, 0.29) is 21.5 Å². The Balaban J connectivity index is 2.30. The number of benzene rings is 2. The van der Waals surface area contributed by atoms with Crippen LogP contribution in [0.15, 0.2) is 30.3 Å². The van der Waals surface area contributed by atoms with Crippen molar-refractivity contribution < 1.29 is 40.2 Å². The maximum absolute atomic E-state index is 14.3. The highest BCUT2D eigenvalue weighted by atomic mass is 35.5. The highest BCUT2D eigenvalue weighted by Crippen LogP contribution is 2.37. The van der Waals surface area contributed by atoms with Crippen LogP contribution >= 0.6 is 23.2 Å². The molecule has 0 aliphatic rings. The maximum atomic E-state index is 14.3. The second kappa shape index (κ2) is 8.84. The number of rotatable bonds is 6. The van der Waals surface area contributed by atoms with Gasteiger partial charge in [0.25, 0.3) is 5.91 Å². The summed E-state index contributed by atoms with van der Waals surface area (Å²) >= 11 is 11.6. The van der Waals surface area contributed by atoms with Gasteiger partial charge in [-0.2, -0.15) is 12.7 Å². The predicted octanol–water partition coefficient (Wildman–Crippen LogP) is 4.36. The van der Waals surface area contributed by atoms with Gasteiger partial charge in [-0.1, -0.05) is 23.2 Å². The molecule has 0 aliphatic carbocycles. The van der Waals surface area contributed by atoms with Crippen molar-refractivity contribution in [3.05, 3.63) is 51.8 Å². The van der Waals surface area contributed by atoms with E-state index in [0.717, 1.165) is 32.3 Å². The lowest BCUT2D eigenvalue weighted by Gasteiger charge is -2.14. The van der Waals surface area contributed by atoms with E-state index in [1.54, 1.807) is 4.72 Å². The van der Waals surface area contributed by atoms with Crippen LogP contribution in [-0.2, 0) is 10.2 Å². The first kappa shape index (κ1) is 24.0. The van der Waals surface area contributed by atoms with E-state index in [0.29, 0.717) is 10.4 Å². The molecule has 0 saturated carbocycles. The number of halogens is 6. The number of carbonyl (C=O) groups is 1. The Hall–Kier alpha value is -2.28. The van der Waals surface area contributed by atoms with Crippen LogP contribution in [0.2, 0.25) is 10.0 Å². The quantitative estimate of drug-likeness (QED) is 0.608. The Labute approximate surface area is 178 Å². The van der Waals surface area contributed by atoms with Crippen molar-refractivity contribution in [3.8, 4) is 17.2 Å². The normalized spacial score (nSPS) is 12.0. The SMILES string of the molecule is CN(C)S(=O)(=O)NC(=O)c1cc(Cl)c(Oc2ccc(Cl)c(OC(F)(F)F)c2)cc1F. The lowest BCUT2D eigenvalue weighted by molar-refractivity contribution is -0.274. The smallest absolute Gasteiger partial charge is 0.456 e. The van der Waals surface area contributed by atoms with E-state index in [4.69, 9.17) is 27.9 Å². The molecule has 0 atom stereocenters. The monoisotopic (exact) mass is 490 g/mol. The Morgan fingerprint density at radius 1 is 1.07 bits per heavy atom. The summed E-state index contributed by atoms with van der Waals surface area (Å²) in [4.78, 5) is 12.0. The molecule has 0 radical (unpaired) electrons. The zero-order valence-electron chi connectivity index (χ0n) is 15.1. The van der Waals surface area contributed by atoms with Crippen molar-refractivity contribution in [1.82, 2.24) is 9.03 Å². The molecule has 0 saturated heterocycles. The summed E-state index contributed by atoms with van der Waals surface area (Å²) in [7, 11) is -1.88. The fourth-order valence-electron chi connectivity index (χ4n) is 1.92. The molecule has 30 heavy (non-hydrogen) atoms. The minimum atomic E-state index is -5.01. The molecule has 1 amide bonds. The first-order chi connectivity index (χ1) is 13.7. The fraction of sp³-hybridized carbons (Fsp3) is 0.188. The van der Waals surface area contributed by atoms with Crippen molar-refractivity contribution in [2.45, 2.75) is 6.36 Å². The molecule has 0 unspecified atom stereocenters. The summed E-state index contributed by atoms with van der Waals surface area (Å²) in [5.74, 6) is -3.83. The summed E-state index contributed by atoms with van der Waals surface area (Å²) < 4.78 is 86.2. The van der Waals surface area contributed by atoms with Crippen molar-refractivity contribution in [2.75, 3.05) is 14.1 Å². The standard InChI is InChI=1S/C16H12Cl2F4N2O5S/c1-24(2)30(26,27)23-15(25)9-6-11(18)13(7-12(9)19)28-8-3-4-10(17)14(5-8)29-16(20,21)22/h3-7H,1-2H3,(H,23,25). The predicted molar refractivity (Wildman–Crippen MR) is 99.7 cm³/mol. The third kappa shape index (κ3) is 6.11.